The lowest BCUT2D eigenvalue weighted by Gasteiger charge is -2.36. The van der Waals surface area contributed by atoms with E-state index in [0.717, 1.165) is 6.54 Å². The summed E-state index contributed by atoms with van der Waals surface area (Å²) in [5, 5.41) is 3.60. The topological polar surface area (TPSA) is 37.8 Å². The van der Waals surface area contributed by atoms with Crippen molar-refractivity contribution in [1.29, 1.82) is 0 Å². The molecule has 1 N–H and O–H groups in total. The molecule has 3 rings (SSSR count). The Morgan fingerprint density at radius 2 is 2.21 bits per heavy atom. The third kappa shape index (κ3) is 1.23. The molecule has 0 spiro atoms. The van der Waals surface area contributed by atoms with Crippen molar-refractivity contribution in [2.45, 2.75) is 44.2 Å². The standard InChI is InChI=1S/C11H15N3/c1-2-4-10-9(3-1)11-8(6-13-10)5-12-7-14-11/h5,7,9-10,13H,1-4,6H2/t9-,10-/m0/s1. The van der Waals surface area contributed by atoms with Crippen molar-refractivity contribution in [3.63, 3.8) is 0 Å². The van der Waals surface area contributed by atoms with Gasteiger partial charge in [-0.2, -0.15) is 0 Å². The van der Waals surface area contributed by atoms with Crippen LogP contribution in [0.15, 0.2) is 12.5 Å². The van der Waals surface area contributed by atoms with Gasteiger partial charge < -0.3 is 5.32 Å². The zero-order valence-corrected chi connectivity index (χ0v) is 8.24. The van der Waals surface area contributed by atoms with Crippen molar-refractivity contribution in [2.24, 2.45) is 0 Å². The summed E-state index contributed by atoms with van der Waals surface area (Å²) in [4.78, 5) is 8.54. The predicted molar refractivity (Wildman–Crippen MR) is 53.9 cm³/mol. The molecule has 0 radical (unpaired) electrons. The van der Waals surface area contributed by atoms with Crippen LogP contribution in [0.5, 0.6) is 0 Å². The third-order valence-electron chi connectivity index (χ3n) is 3.49. The number of hydrogen-bond donors (Lipinski definition) is 1. The van der Waals surface area contributed by atoms with Crippen LogP contribution in [0.25, 0.3) is 0 Å². The van der Waals surface area contributed by atoms with Gasteiger partial charge in [-0.05, 0) is 12.8 Å². The van der Waals surface area contributed by atoms with Crippen molar-refractivity contribution in [2.75, 3.05) is 0 Å². The van der Waals surface area contributed by atoms with Gasteiger partial charge in [-0.25, -0.2) is 9.97 Å². The second-order valence-corrected chi connectivity index (χ2v) is 4.31. The maximum absolute atomic E-state index is 4.45. The summed E-state index contributed by atoms with van der Waals surface area (Å²) in [6.45, 7) is 0.956. The molecule has 1 aliphatic heterocycles. The van der Waals surface area contributed by atoms with Gasteiger partial charge in [-0.1, -0.05) is 12.8 Å². The highest BCUT2D eigenvalue weighted by atomic mass is 15.0. The van der Waals surface area contributed by atoms with Gasteiger partial charge in [0.25, 0.3) is 0 Å². The fourth-order valence-corrected chi connectivity index (χ4v) is 2.78. The maximum atomic E-state index is 4.45. The smallest absolute Gasteiger partial charge is 0.115 e. The van der Waals surface area contributed by atoms with Crippen molar-refractivity contribution in [1.82, 2.24) is 15.3 Å². The molecule has 1 saturated carbocycles. The molecule has 2 atom stereocenters. The molecule has 0 unspecified atom stereocenters. The van der Waals surface area contributed by atoms with Crippen LogP contribution in [-0.4, -0.2) is 16.0 Å². The molecule has 0 bridgehead atoms. The lowest BCUT2D eigenvalue weighted by Crippen LogP contribution is -2.41. The number of nitrogens with one attached hydrogen (secondary N) is 1. The number of nitrogens with zero attached hydrogens (tertiary/aromatic N) is 2. The van der Waals surface area contributed by atoms with Crippen molar-refractivity contribution in [3.05, 3.63) is 23.8 Å². The molecule has 14 heavy (non-hydrogen) atoms. The maximum Gasteiger partial charge on any atom is 0.115 e. The van der Waals surface area contributed by atoms with E-state index in [4.69, 9.17) is 0 Å². The highest BCUT2D eigenvalue weighted by Crippen LogP contribution is 2.36. The molecular formula is C11H15N3. The lowest BCUT2D eigenvalue weighted by atomic mass is 9.79. The van der Waals surface area contributed by atoms with Crippen molar-refractivity contribution in [3.8, 4) is 0 Å². The van der Waals surface area contributed by atoms with E-state index < -0.39 is 0 Å². The molecule has 1 aliphatic carbocycles. The van der Waals surface area contributed by atoms with Gasteiger partial charge in [-0.3, -0.25) is 0 Å². The van der Waals surface area contributed by atoms with E-state index in [1.165, 1.54) is 36.9 Å². The molecule has 0 saturated heterocycles. The highest BCUT2D eigenvalue weighted by Gasteiger charge is 2.32. The molecule has 3 heteroatoms. The van der Waals surface area contributed by atoms with Crippen molar-refractivity contribution < 1.29 is 0 Å². The van der Waals surface area contributed by atoms with E-state index >= 15 is 0 Å². The van der Waals surface area contributed by atoms with Crippen LogP contribution >= 0.6 is 0 Å². The Kier molecular flexibility index (Phi) is 1.98. The first-order valence-electron chi connectivity index (χ1n) is 5.47. The molecule has 1 fully saturated rings. The van der Waals surface area contributed by atoms with Gasteiger partial charge in [-0.15, -0.1) is 0 Å². The quantitative estimate of drug-likeness (QED) is 0.673. The van der Waals surface area contributed by atoms with E-state index in [9.17, 15) is 0 Å². The molecule has 1 aromatic rings. The van der Waals surface area contributed by atoms with E-state index in [2.05, 4.69) is 15.3 Å². The second kappa shape index (κ2) is 3.31. The van der Waals surface area contributed by atoms with E-state index in [1.54, 1.807) is 6.33 Å². The second-order valence-electron chi connectivity index (χ2n) is 4.31. The fraction of sp³-hybridized carbons (Fsp3) is 0.636. The molecule has 0 amide bonds. The predicted octanol–water partition coefficient (Wildman–Crippen LogP) is 1.61. The van der Waals surface area contributed by atoms with E-state index in [0.29, 0.717) is 12.0 Å². The minimum absolute atomic E-state index is 0.649. The first kappa shape index (κ1) is 8.36. The molecule has 0 aromatic carbocycles. The number of rotatable bonds is 0. The normalized spacial score (nSPS) is 30.6. The number of aromatic nitrogens is 2. The van der Waals surface area contributed by atoms with Gasteiger partial charge in [0.2, 0.25) is 0 Å². The van der Waals surface area contributed by atoms with Gasteiger partial charge in [0.15, 0.2) is 0 Å². The van der Waals surface area contributed by atoms with Crippen LogP contribution in [0, 0.1) is 0 Å². The van der Waals surface area contributed by atoms with Crippen LogP contribution in [-0.2, 0) is 6.54 Å². The Labute approximate surface area is 84.0 Å². The molecule has 74 valence electrons. The largest absolute Gasteiger partial charge is 0.309 e. The van der Waals surface area contributed by atoms with Crippen LogP contribution in [0.4, 0.5) is 0 Å². The Hall–Kier alpha value is -0.960. The zero-order valence-electron chi connectivity index (χ0n) is 8.24. The Bertz CT molecular complexity index is 337. The monoisotopic (exact) mass is 189 g/mol. The minimum Gasteiger partial charge on any atom is -0.309 e. The zero-order chi connectivity index (χ0) is 9.38. The summed E-state index contributed by atoms with van der Waals surface area (Å²) in [5.41, 5.74) is 2.61. The third-order valence-corrected chi connectivity index (χ3v) is 3.49. The Morgan fingerprint density at radius 3 is 3.21 bits per heavy atom. The van der Waals surface area contributed by atoms with Gasteiger partial charge in [0, 0.05) is 30.3 Å². The Morgan fingerprint density at radius 1 is 1.29 bits per heavy atom. The first-order chi connectivity index (χ1) is 6.95. The van der Waals surface area contributed by atoms with Gasteiger partial charge in [0.05, 0.1) is 5.69 Å². The van der Waals surface area contributed by atoms with Crippen molar-refractivity contribution >= 4 is 0 Å². The van der Waals surface area contributed by atoms with Crippen LogP contribution in [0.2, 0.25) is 0 Å². The highest BCUT2D eigenvalue weighted by molar-refractivity contribution is 5.25. The van der Waals surface area contributed by atoms with E-state index in [1.807, 2.05) is 6.20 Å². The molecule has 1 aromatic heterocycles. The summed E-state index contributed by atoms with van der Waals surface area (Å²) in [6.07, 6.45) is 8.98. The molecular weight excluding hydrogens is 174 g/mol. The summed E-state index contributed by atoms with van der Waals surface area (Å²) in [7, 11) is 0. The first-order valence-corrected chi connectivity index (χ1v) is 5.47. The SMILES string of the molecule is c1ncc2c(n1)[C@H]1CCCC[C@@H]1NC2. The number of hydrogen-bond acceptors (Lipinski definition) is 3. The summed E-state index contributed by atoms with van der Waals surface area (Å²) in [6, 6.07) is 0.672. The van der Waals surface area contributed by atoms with Crippen LogP contribution in [0.3, 0.4) is 0 Å². The average Bonchev–Trinajstić information content (AvgIpc) is 2.29. The minimum atomic E-state index is 0.649. The number of fused-ring (bicyclic) bond motifs is 3. The molecule has 2 heterocycles. The van der Waals surface area contributed by atoms with Gasteiger partial charge in [0.1, 0.15) is 6.33 Å². The average molecular weight is 189 g/mol. The fourth-order valence-electron chi connectivity index (χ4n) is 2.78. The summed E-state index contributed by atoms with van der Waals surface area (Å²) >= 11 is 0. The molecule has 2 aliphatic rings. The van der Waals surface area contributed by atoms with E-state index in [-0.39, 0.29) is 0 Å². The molecule has 3 nitrogen and oxygen atoms in total. The van der Waals surface area contributed by atoms with Crippen LogP contribution < -0.4 is 5.32 Å². The lowest BCUT2D eigenvalue weighted by molar-refractivity contribution is 0.301. The van der Waals surface area contributed by atoms with Gasteiger partial charge >= 0.3 is 0 Å². The van der Waals surface area contributed by atoms with Crippen LogP contribution in [0.1, 0.15) is 42.9 Å². The Balaban J connectivity index is 1.99. The summed E-state index contributed by atoms with van der Waals surface area (Å²) < 4.78 is 0. The summed E-state index contributed by atoms with van der Waals surface area (Å²) in [5.74, 6) is 0.649.